The van der Waals surface area contributed by atoms with E-state index in [0.29, 0.717) is 6.07 Å². The highest BCUT2D eigenvalue weighted by molar-refractivity contribution is 5.99. The summed E-state index contributed by atoms with van der Waals surface area (Å²) in [6.07, 6.45) is -6.23. The van der Waals surface area contributed by atoms with Gasteiger partial charge in [-0.05, 0) is 30.7 Å². The molecule has 1 aliphatic heterocycles. The molecular weight excluding hydrogens is 545 g/mol. The number of carbonyl (C=O) groups is 3. The summed E-state index contributed by atoms with van der Waals surface area (Å²) in [6.45, 7) is 1.11. The summed E-state index contributed by atoms with van der Waals surface area (Å²) in [5, 5.41) is 3.74. The zero-order valence-electron chi connectivity index (χ0n) is 21.0. The predicted octanol–water partition coefficient (Wildman–Crippen LogP) is 3.20. The lowest BCUT2D eigenvalue weighted by Gasteiger charge is -2.21. The number of halogens is 5. The Morgan fingerprint density at radius 3 is 2.52 bits per heavy atom. The molecule has 1 aliphatic rings. The van der Waals surface area contributed by atoms with E-state index in [2.05, 4.69) is 10.3 Å². The van der Waals surface area contributed by atoms with Crippen LogP contribution in [0.2, 0.25) is 0 Å². The van der Waals surface area contributed by atoms with Crippen LogP contribution in [0.3, 0.4) is 0 Å². The average Bonchev–Trinajstić information content (AvgIpc) is 3.26. The van der Waals surface area contributed by atoms with Gasteiger partial charge in [-0.3, -0.25) is 23.9 Å². The van der Waals surface area contributed by atoms with Gasteiger partial charge in [0.15, 0.2) is 5.65 Å². The van der Waals surface area contributed by atoms with E-state index in [9.17, 15) is 41.1 Å². The van der Waals surface area contributed by atoms with Crippen molar-refractivity contribution in [3.05, 3.63) is 63.9 Å². The first kappa shape index (κ1) is 28.4. The molecule has 1 aromatic carbocycles. The van der Waals surface area contributed by atoms with Gasteiger partial charge in [0, 0.05) is 19.3 Å². The van der Waals surface area contributed by atoms with Crippen molar-refractivity contribution in [3.8, 4) is 5.69 Å². The Kier molecular flexibility index (Phi) is 7.75. The number of nitrogens with one attached hydrogen (secondary N) is 2. The van der Waals surface area contributed by atoms with Crippen LogP contribution in [0.15, 0.2) is 41.3 Å². The van der Waals surface area contributed by atoms with Crippen LogP contribution < -0.4 is 21.0 Å². The van der Waals surface area contributed by atoms with E-state index in [4.69, 9.17) is 4.74 Å². The van der Waals surface area contributed by atoms with Crippen molar-refractivity contribution < 1.29 is 41.1 Å². The first-order chi connectivity index (χ1) is 18.8. The Balaban J connectivity index is 1.85. The lowest BCUT2D eigenvalue weighted by Crippen LogP contribution is -2.46. The normalized spacial score (nSPS) is 16.2. The Bertz CT molecular complexity index is 1560. The van der Waals surface area contributed by atoms with Crippen molar-refractivity contribution in [1.29, 1.82) is 0 Å². The van der Waals surface area contributed by atoms with E-state index in [1.54, 1.807) is 5.32 Å². The summed E-state index contributed by atoms with van der Waals surface area (Å²) in [7, 11) is 1.34. The van der Waals surface area contributed by atoms with Crippen molar-refractivity contribution in [2.75, 3.05) is 18.5 Å². The molecule has 1 saturated heterocycles. The molecule has 3 aromatic rings. The van der Waals surface area contributed by atoms with Crippen LogP contribution in [0, 0.1) is 11.6 Å². The molecule has 0 radical (unpaired) electrons. The van der Waals surface area contributed by atoms with E-state index in [-0.39, 0.29) is 35.5 Å². The third-order valence-corrected chi connectivity index (χ3v) is 6.20. The van der Waals surface area contributed by atoms with Crippen molar-refractivity contribution in [3.63, 3.8) is 0 Å². The molecule has 0 aliphatic carbocycles. The third kappa shape index (κ3) is 5.58. The van der Waals surface area contributed by atoms with Crippen molar-refractivity contribution in [2.45, 2.75) is 38.1 Å². The van der Waals surface area contributed by atoms with Gasteiger partial charge < -0.3 is 15.4 Å². The van der Waals surface area contributed by atoms with E-state index in [1.165, 1.54) is 31.0 Å². The number of aromatic nitrogens is 2. The Hall–Kier alpha value is -4.56. The lowest BCUT2D eigenvalue weighted by molar-refractivity contribution is -0.153. The molecular formula is C25H22F5N5O5. The largest absolute Gasteiger partial charge is 0.444 e. The van der Waals surface area contributed by atoms with Crippen LogP contribution in [-0.4, -0.2) is 59.4 Å². The molecule has 212 valence electrons. The number of ether oxygens (including phenoxy) is 1. The zero-order valence-corrected chi connectivity index (χ0v) is 21.0. The first-order valence-corrected chi connectivity index (χ1v) is 11.9. The molecule has 0 saturated carbocycles. The molecule has 40 heavy (non-hydrogen) atoms. The fraction of sp³-hybridized carbons (Fsp3) is 0.320. The minimum absolute atomic E-state index is 0.0171. The van der Waals surface area contributed by atoms with Crippen LogP contribution in [-0.2, 0) is 9.53 Å². The highest BCUT2D eigenvalue weighted by Crippen LogP contribution is 2.27. The predicted molar refractivity (Wildman–Crippen MR) is 131 cm³/mol. The molecule has 0 bridgehead atoms. The molecule has 2 N–H and O–H groups in total. The lowest BCUT2D eigenvalue weighted by atomic mass is 10.1. The number of nitrogens with zero attached hydrogens (tertiary/aromatic N) is 3. The molecule has 0 spiro atoms. The average molecular weight is 567 g/mol. The minimum atomic E-state index is -4.79. The van der Waals surface area contributed by atoms with Gasteiger partial charge in [0.2, 0.25) is 11.3 Å². The molecule has 1 fully saturated rings. The molecule has 3 amide bonds. The maximum atomic E-state index is 14.9. The van der Waals surface area contributed by atoms with Crippen LogP contribution >= 0.6 is 0 Å². The number of pyridine rings is 2. The van der Waals surface area contributed by atoms with Crippen molar-refractivity contribution >= 4 is 34.8 Å². The second kappa shape index (κ2) is 10.9. The molecule has 10 nitrogen and oxygen atoms in total. The molecule has 2 atom stereocenters. The van der Waals surface area contributed by atoms with E-state index in [1.807, 2.05) is 0 Å². The van der Waals surface area contributed by atoms with Gasteiger partial charge in [-0.2, -0.15) is 13.2 Å². The van der Waals surface area contributed by atoms with E-state index < -0.39 is 65.3 Å². The van der Waals surface area contributed by atoms with Gasteiger partial charge in [-0.1, -0.05) is 6.92 Å². The zero-order chi connectivity index (χ0) is 29.4. The summed E-state index contributed by atoms with van der Waals surface area (Å²) in [4.78, 5) is 55.7. The Morgan fingerprint density at radius 2 is 1.90 bits per heavy atom. The molecule has 1 unspecified atom stereocenters. The van der Waals surface area contributed by atoms with Crippen LogP contribution in [0.25, 0.3) is 16.7 Å². The summed E-state index contributed by atoms with van der Waals surface area (Å²) in [6, 6.07) is 2.59. The monoisotopic (exact) mass is 567 g/mol. The van der Waals surface area contributed by atoms with E-state index in [0.717, 1.165) is 22.9 Å². The number of alkyl halides is 3. The fourth-order valence-electron chi connectivity index (χ4n) is 4.20. The highest BCUT2D eigenvalue weighted by atomic mass is 19.4. The minimum Gasteiger partial charge on any atom is -0.444 e. The van der Waals surface area contributed by atoms with Gasteiger partial charge in [0.25, 0.3) is 5.91 Å². The number of amides is 3. The van der Waals surface area contributed by atoms with Gasteiger partial charge in [-0.25, -0.2) is 18.6 Å². The number of hydrogen-bond acceptors (Lipinski definition) is 6. The number of anilines is 1. The summed E-state index contributed by atoms with van der Waals surface area (Å²) >= 11 is 0. The van der Waals surface area contributed by atoms with Gasteiger partial charge >= 0.3 is 12.3 Å². The molecule has 2 aromatic heterocycles. The molecule has 15 heteroatoms. The summed E-state index contributed by atoms with van der Waals surface area (Å²) in [5.41, 5.74) is -2.39. The van der Waals surface area contributed by atoms with Gasteiger partial charge in [0.05, 0.1) is 24.0 Å². The number of hydrogen-bond donors (Lipinski definition) is 2. The van der Waals surface area contributed by atoms with Crippen molar-refractivity contribution in [2.24, 2.45) is 0 Å². The smallest absolute Gasteiger partial charge is 0.408 e. The Labute approximate surface area is 222 Å². The topological polar surface area (TPSA) is 123 Å². The maximum absolute atomic E-state index is 14.9. The Morgan fingerprint density at radius 1 is 1.18 bits per heavy atom. The first-order valence-electron chi connectivity index (χ1n) is 11.9. The molecule has 4 rings (SSSR count). The SMILES string of the molecule is CCC(NC(=O)c1cn(-c2ccc(F)cc2F)c2nc(N3C[C@@H](OC(=O)NC)CC3=O)ccc2c1=O)C(F)(F)F. The van der Waals surface area contributed by atoms with Crippen LogP contribution in [0.5, 0.6) is 0 Å². The number of alkyl carbamates (subject to hydrolysis) is 1. The quantitative estimate of drug-likeness (QED) is 0.442. The number of carbonyl (C=O) groups excluding carboxylic acids is 3. The second-order valence-electron chi connectivity index (χ2n) is 8.84. The fourth-order valence-corrected chi connectivity index (χ4v) is 4.20. The number of benzene rings is 1. The van der Waals surface area contributed by atoms with Gasteiger partial charge in [-0.15, -0.1) is 0 Å². The molecule has 3 heterocycles. The van der Waals surface area contributed by atoms with Gasteiger partial charge in [0.1, 0.15) is 35.2 Å². The number of rotatable bonds is 6. The van der Waals surface area contributed by atoms with Crippen LogP contribution in [0.1, 0.15) is 30.1 Å². The van der Waals surface area contributed by atoms with Crippen molar-refractivity contribution in [1.82, 2.24) is 20.2 Å². The standard InChI is InChI=1S/C25H22F5N5O5/c1-3-18(25(28,29)30)32-23(38)15-11-34(17-6-4-12(26)8-16(17)27)22-14(21(15)37)5-7-19(33-22)35-10-13(9-20(35)36)40-24(39)31-2/h4-8,11,13,18H,3,9-10H2,1-2H3,(H,31,39)(H,32,38)/t13-,18?/m0/s1. The maximum Gasteiger partial charge on any atom is 0.408 e. The summed E-state index contributed by atoms with van der Waals surface area (Å²) < 4.78 is 74.3. The highest BCUT2D eigenvalue weighted by Gasteiger charge is 2.40. The summed E-state index contributed by atoms with van der Waals surface area (Å²) in [5.74, 6) is -3.91. The third-order valence-electron chi connectivity index (χ3n) is 6.20. The van der Waals surface area contributed by atoms with E-state index >= 15 is 0 Å². The number of fused-ring (bicyclic) bond motifs is 1. The second-order valence-corrected chi connectivity index (χ2v) is 8.84. The van der Waals surface area contributed by atoms with Crippen LogP contribution in [0.4, 0.5) is 32.6 Å².